The monoisotopic (exact) mass is 290 g/mol. The van der Waals surface area contributed by atoms with Crippen LogP contribution in [-0.2, 0) is 0 Å². The topological polar surface area (TPSA) is 65.1 Å². The molecular weight excluding hydrogens is 280 g/mol. The van der Waals surface area contributed by atoms with E-state index in [0.717, 1.165) is 26.9 Å². The largest absolute Gasteiger partial charge is 0.437 e. The van der Waals surface area contributed by atoms with Gasteiger partial charge in [-0.3, -0.25) is 4.79 Å². The zero-order valence-corrected chi connectivity index (χ0v) is 11.4. The number of hydrogen-bond acceptors (Lipinski definition) is 4. The number of nitrogens with zero attached hydrogens (tertiary/aromatic N) is 2. The Kier molecular flexibility index (Phi) is 2.50. The quantitative estimate of drug-likeness (QED) is 0.399. The summed E-state index contributed by atoms with van der Waals surface area (Å²) in [5.41, 5.74) is -0.350. The molecule has 0 aliphatic carbocycles. The van der Waals surface area contributed by atoms with E-state index in [-0.39, 0.29) is 11.5 Å². The minimum absolute atomic E-state index is 0.0379. The molecular formula is C17H10N2O3. The third-order valence-electron chi connectivity index (χ3n) is 3.69. The third-order valence-corrected chi connectivity index (χ3v) is 3.69. The fraction of sp³-hybridized carbons (Fsp3) is 0. The van der Waals surface area contributed by atoms with E-state index in [9.17, 15) is 9.59 Å². The fourth-order valence-corrected chi connectivity index (χ4v) is 2.63. The molecule has 0 amide bonds. The zero-order valence-electron chi connectivity index (χ0n) is 11.4. The summed E-state index contributed by atoms with van der Waals surface area (Å²) in [5.74, 6) is 0.0379. The van der Waals surface area contributed by atoms with Gasteiger partial charge in [-0.1, -0.05) is 36.9 Å². The second-order valence-electron chi connectivity index (χ2n) is 4.92. The number of hydrogen-bond donors (Lipinski definition) is 0. The van der Waals surface area contributed by atoms with Crippen molar-refractivity contribution in [2.75, 3.05) is 0 Å². The van der Waals surface area contributed by atoms with Crippen molar-refractivity contribution in [3.05, 3.63) is 69.9 Å². The van der Waals surface area contributed by atoms with E-state index in [0.29, 0.717) is 5.58 Å². The molecule has 2 aromatic rings. The van der Waals surface area contributed by atoms with Crippen molar-refractivity contribution in [1.29, 1.82) is 0 Å². The highest BCUT2D eigenvalue weighted by Gasteiger charge is 2.17. The van der Waals surface area contributed by atoms with Gasteiger partial charge in [0, 0.05) is 11.6 Å². The molecule has 4 rings (SSSR count). The van der Waals surface area contributed by atoms with E-state index in [1.54, 1.807) is 6.07 Å². The van der Waals surface area contributed by atoms with Crippen LogP contribution in [-0.4, -0.2) is 9.55 Å². The lowest BCUT2D eigenvalue weighted by Crippen LogP contribution is -2.33. The number of rotatable bonds is 1. The molecule has 0 saturated carbocycles. The Balaban J connectivity index is 2.27. The van der Waals surface area contributed by atoms with Crippen molar-refractivity contribution in [3.63, 3.8) is 0 Å². The van der Waals surface area contributed by atoms with E-state index in [1.165, 1.54) is 0 Å². The van der Waals surface area contributed by atoms with Gasteiger partial charge in [-0.2, -0.15) is 4.98 Å². The van der Waals surface area contributed by atoms with E-state index in [1.807, 2.05) is 36.4 Å². The Morgan fingerprint density at radius 3 is 2.73 bits per heavy atom. The van der Waals surface area contributed by atoms with Crippen LogP contribution in [0.25, 0.3) is 39.4 Å². The normalized spacial score (nSPS) is 11.3. The third kappa shape index (κ3) is 1.62. The minimum Gasteiger partial charge on any atom is -0.437 e. The highest BCUT2D eigenvalue weighted by Crippen LogP contribution is 2.29. The van der Waals surface area contributed by atoms with E-state index < -0.39 is 11.2 Å². The van der Waals surface area contributed by atoms with Crippen LogP contribution < -0.4 is 11.2 Å². The molecule has 2 heterocycles. The van der Waals surface area contributed by atoms with Gasteiger partial charge in [0.05, 0.1) is 0 Å². The van der Waals surface area contributed by atoms with Crippen molar-refractivity contribution in [2.45, 2.75) is 0 Å². The van der Waals surface area contributed by atoms with E-state index in [4.69, 9.17) is 4.42 Å². The Labute approximate surface area is 124 Å². The Morgan fingerprint density at radius 2 is 1.91 bits per heavy atom. The Bertz CT molecular complexity index is 1140. The first kappa shape index (κ1) is 12.5. The van der Waals surface area contributed by atoms with Crippen LogP contribution in [0, 0.1) is 0 Å². The maximum absolute atomic E-state index is 12.4. The molecule has 0 saturated heterocycles. The summed E-state index contributed by atoms with van der Waals surface area (Å²) >= 11 is 0. The van der Waals surface area contributed by atoms with Gasteiger partial charge in [0.25, 0.3) is 5.56 Å². The van der Waals surface area contributed by atoms with Crippen molar-refractivity contribution < 1.29 is 4.42 Å². The first-order chi connectivity index (χ1) is 10.7. The lowest BCUT2D eigenvalue weighted by molar-refractivity contribution is 0.589. The van der Waals surface area contributed by atoms with Gasteiger partial charge in [-0.25, -0.2) is 9.36 Å². The van der Waals surface area contributed by atoms with Crippen molar-refractivity contribution in [3.8, 4) is 11.5 Å². The van der Waals surface area contributed by atoms with Gasteiger partial charge in [0.1, 0.15) is 11.1 Å². The Morgan fingerprint density at radius 1 is 1.09 bits per heavy atom. The van der Waals surface area contributed by atoms with Crippen LogP contribution >= 0.6 is 0 Å². The lowest BCUT2D eigenvalue weighted by atomic mass is 10.0. The fourth-order valence-electron chi connectivity index (χ4n) is 2.63. The van der Waals surface area contributed by atoms with Crippen molar-refractivity contribution in [2.24, 2.45) is 0 Å². The van der Waals surface area contributed by atoms with Crippen molar-refractivity contribution >= 4 is 27.9 Å². The molecule has 5 nitrogen and oxygen atoms in total. The van der Waals surface area contributed by atoms with Crippen LogP contribution in [0.4, 0.5) is 0 Å². The van der Waals surface area contributed by atoms with Gasteiger partial charge in [0.15, 0.2) is 0 Å². The molecule has 0 atom stereocenters. The van der Waals surface area contributed by atoms with Gasteiger partial charge in [-0.05, 0) is 22.9 Å². The van der Waals surface area contributed by atoms with Crippen molar-refractivity contribution in [1.82, 2.24) is 9.55 Å². The highest BCUT2D eigenvalue weighted by molar-refractivity contribution is 6.06. The molecule has 0 bridgehead atoms. The lowest BCUT2D eigenvalue weighted by Gasteiger charge is -2.08. The minimum atomic E-state index is -0.698. The maximum atomic E-state index is 12.4. The predicted molar refractivity (Wildman–Crippen MR) is 85.1 cm³/mol. The number of aromatic nitrogens is 2. The molecule has 22 heavy (non-hydrogen) atoms. The molecule has 0 aromatic heterocycles. The molecule has 2 aliphatic heterocycles. The van der Waals surface area contributed by atoms with Crippen LogP contribution in [0.3, 0.4) is 0 Å². The van der Waals surface area contributed by atoms with Gasteiger partial charge in [0.2, 0.25) is 5.89 Å². The summed E-state index contributed by atoms with van der Waals surface area (Å²) in [4.78, 5) is 27.9. The first-order valence-corrected chi connectivity index (χ1v) is 6.69. The summed E-state index contributed by atoms with van der Waals surface area (Å²) in [5, 5.41) is 2.82. The van der Waals surface area contributed by atoms with Crippen LogP contribution in [0.2, 0.25) is 0 Å². The summed E-state index contributed by atoms with van der Waals surface area (Å²) in [6, 6.07) is 13.3. The average Bonchev–Trinajstić information content (AvgIpc) is 2.54. The number of fused-ring (bicyclic) bond motifs is 4. The first-order valence-electron chi connectivity index (χ1n) is 6.69. The molecule has 0 unspecified atom stereocenters. The van der Waals surface area contributed by atoms with Crippen LogP contribution in [0.5, 0.6) is 0 Å². The van der Waals surface area contributed by atoms with Gasteiger partial charge >= 0.3 is 5.69 Å². The van der Waals surface area contributed by atoms with Gasteiger partial charge in [-0.15, -0.1) is 0 Å². The molecule has 5 heteroatoms. The second-order valence-corrected chi connectivity index (χ2v) is 4.92. The van der Waals surface area contributed by atoms with E-state index >= 15 is 0 Å². The molecule has 2 aromatic carbocycles. The highest BCUT2D eigenvalue weighted by atomic mass is 16.3. The van der Waals surface area contributed by atoms with E-state index in [2.05, 4.69) is 11.6 Å². The summed E-state index contributed by atoms with van der Waals surface area (Å²) < 4.78 is 6.53. The van der Waals surface area contributed by atoms with Crippen LogP contribution in [0.1, 0.15) is 0 Å². The second kappa shape index (κ2) is 4.39. The van der Waals surface area contributed by atoms with Crippen LogP contribution in [0.15, 0.2) is 63.0 Å². The molecule has 106 valence electrons. The molecule has 0 fully saturated rings. The Hall–Kier alpha value is -3.21. The SMILES string of the molecule is C=Cn1c(=O)nc2oc3ccc4ccccc4c3cc-2c1=O. The predicted octanol–water partition coefficient (Wildman–Crippen LogP) is 2.71. The average molecular weight is 290 g/mol. The number of benzene rings is 2. The summed E-state index contributed by atoms with van der Waals surface area (Å²) in [6.45, 7) is 3.46. The molecule has 2 aliphatic rings. The standard InChI is InChI=1S/C17H10N2O3/c1-2-19-16(20)13-9-12-11-6-4-3-5-10(11)7-8-14(12)22-15(13)18-17(19)21/h2-9H,1H2. The maximum Gasteiger partial charge on any atom is 0.357 e. The summed E-state index contributed by atoms with van der Waals surface area (Å²) in [7, 11) is 0. The smallest absolute Gasteiger partial charge is 0.357 e. The molecule has 0 radical (unpaired) electrons. The molecule has 0 spiro atoms. The van der Waals surface area contributed by atoms with Gasteiger partial charge < -0.3 is 4.42 Å². The zero-order chi connectivity index (χ0) is 15.3. The summed E-state index contributed by atoms with van der Waals surface area (Å²) in [6.07, 6.45) is 1.16. The molecule has 0 N–H and O–H groups in total.